The summed E-state index contributed by atoms with van der Waals surface area (Å²) in [4.78, 5) is 20.1. The van der Waals surface area contributed by atoms with Gasteiger partial charge in [-0.1, -0.05) is 25.5 Å². The molecule has 0 aliphatic rings. The van der Waals surface area contributed by atoms with Crippen molar-refractivity contribution in [2.75, 3.05) is 13.7 Å². The third-order valence-corrected chi connectivity index (χ3v) is 4.04. The average molecular weight is 353 g/mol. The summed E-state index contributed by atoms with van der Waals surface area (Å²) in [6.07, 6.45) is 2.04. The van der Waals surface area contributed by atoms with Crippen LogP contribution in [0.4, 0.5) is 0 Å². The monoisotopic (exact) mass is 353 g/mol. The Labute approximate surface area is 152 Å². The number of H-pyrrole nitrogens is 1. The van der Waals surface area contributed by atoms with E-state index in [0.29, 0.717) is 36.0 Å². The number of carbonyl (C=O) groups is 1. The summed E-state index contributed by atoms with van der Waals surface area (Å²) in [5, 5.41) is 2.87. The first-order valence-corrected chi connectivity index (χ1v) is 8.74. The number of unbranched alkanes of at least 4 members (excludes halogenated alkanes) is 1. The molecule has 0 fully saturated rings. The molecule has 1 aromatic heterocycles. The van der Waals surface area contributed by atoms with E-state index in [-0.39, 0.29) is 5.91 Å². The quantitative estimate of drug-likeness (QED) is 0.606. The van der Waals surface area contributed by atoms with Gasteiger partial charge >= 0.3 is 0 Å². The lowest BCUT2D eigenvalue weighted by molar-refractivity contribution is 0.0949. The van der Waals surface area contributed by atoms with Crippen LogP contribution in [0.2, 0.25) is 0 Å². The number of imidazole rings is 1. The lowest BCUT2D eigenvalue weighted by Crippen LogP contribution is -2.23. The minimum Gasteiger partial charge on any atom is -0.493 e. The zero-order valence-corrected chi connectivity index (χ0v) is 15.0. The predicted molar refractivity (Wildman–Crippen MR) is 101 cm³/mol. The Balaban J connectivity index is 1.65. The highest BCUT2D eigenvalue weighted by molar-refractivity contribution is 5.94. The van der Waals surface area contributed by atoms with Gasteiger partial charge in [-0.25, -0.2) is 4.98 Å². The minimum atomic E-state index is -0.191. The molecule has 0 saturated heterocycles. The Hall–Kier alpha value is -3.02. The molecular weight excluding hydrogens is 330 g/mol. The molecule has 0 radical (unpaired) electrons. The van der Waals surface area contributed by atoms with Crippen LogP contribution < -0.4 is 14.8 Å². The van der Waals surface area contributed by atoms with Crippen molar-refractivity contribution in [3.8, 4) is 11.5 Å². The molecule has 3 rings (SSSR count). The van der Waals surface area contributed by atoms with Crippen molar-refractivity contribution in [2.45, 2.75) is 26.3 Å². The first kappa shape index (κ1) is 17.8. The van der Waals surface area contributed by atoms with Gasteiger partial charge < -0.3 is 19.8 Å². The first-order valence-electron chi connectivity index (χ1n) is 8.74. The van der Waals surface area contributed by atoms with E-state index in [1.165, 1.54) is 0 Å². The van der Waals surface area contributed by atoms with Crippen molar-refractivity contribution >= 4 is 16.9 Å². The van der Waals surface area contributed by atoms with Gasteiger partial charge in [0.25, 0.3) is 5.91 Å². The van der Waals surface area contributed by atoms with Crippen LogP contribution in [0.5, 0.6) is 11.5 Å². The predicted octanol–water partition coefficient (Wildman–Crippen LogP) is 3.68. The maximum Gasteiger partial charge on any atom is 0.251 e. The van der Waals surface area contributed by atoms with Gasteiger partial charge in [0.2, 0.25) is 0 Å². The number of rotatable bonds is 8. The summed E-state index contributed by atoms with van der Waals surface area (Å²) >= 11 is 0. The molecule has 0 aliphatic heterocycles. The Morgan fingerprint density at radius 3 is 2.81 bits per heavy atom. The van der Waals surface area contributed by atoms with E-state index in [0.717, 1.165) is 23.9 Å². The molecule has 0 spiro atoms. The molecular formula is C20H23N3O3. The lowest BCUT2D eigenvalue weighted by atomic mass is 10.2. The molecule has 26 heavy (non-hydrogen) atoms. The number of fused-ring (bicyclic) bond motifs is 1. The molecule has 2 aromatic carbocycles. The number of amides is 1. The van der Waals surface area contributed by atoms with Crippen LogP contribution in [0, 0.1) is 0 Å². The highest BCUT2D eigenvalue weighted by atomic mass is 16.5. The van der Waals surface area contributed by atoms with Gasteiger partial charge in [0.15, 0.2) is 11.5 Å². The Kier molecular flexibility index (Phi) is 5.73. The first-order chi connectivity index (χ1) is 12.7. The maximum absolute atomic E-state index is 12.4. The molecule has 1 amide bonds. The number of ether oxygens (including phenoxy) is 2. The number of para-hydroxylation sites is 2. The van der Waals surface area contributed by atoms with E-state index in [4.69, 9.17) is 9.47 Å². The summed E-state index contributed by atoms with van der Waals surface area (Å²) < 4.78 is 11.0. The van der Waals surface area contributed by atoms with Crippen LogP contribution in [0.1, 0.15) is 35.9 Å². The normalized spacial score (nSPS) is 10.7. The van der Waals surface area contributed by atoms with E-state index in [1.807, 2.05) is 24.3 Å². The van der Waals surface area contributed by atoms with Crippen molar-refractivity contribution in [3.63, 3.8) is 0 Å². The Bertz CT molecular complexity index is 856. The molecule has 0 aliphatic carbocycles. The second kappa shape index (κ2) is 8.38. The fraction of sp³-hybridized carbons (Fsp3) is 0.300. The van der Waals surface area contributed by atoms with Crippen molar-refractivity contribution < 1.29 is 14.3 Å². The molecule has 3 aromatic rings. The van der Waals surface area contributed by atoms with Crippen LogP contribution in [0.15, 0.2) is 42.5 Å². The maximum atomic E-state index is 12.4. The van der Waals surface area contributed by atoms with Gasteiger partial charge in [0, 0.05) is 5.56 Å². The Morgan fingerprint density at radius 2 is 2.04 bits per heavy atom. The van der Waals surface area contributed by atoms with Crippen molar-refractivity contribution in [2.24, 2.45) is 0 Å². The third kappa shape index (κ3) is 4.14. The molecule has 2 N–H and O–H groups in total. The molecule has 6 nitrogen and oxygen atoms in total. The SMILES string of the molecule is CCCCOc1ccc(C(=O)NCc2nc3ccccc3[nH]2)cc1OC. The van der Waals surface area contributed by atoms with Crippen LogP contribution in [-0.4, -0.2) is 29.6 Å². The van der Waals surface area contributed by atoms with E-state index in [2.05, 4.69) is 22.2 Å². The second-order valence-electron chi connectivity index (χ2n) is 5.95. The van der Waals surface area contributed by atoms with Gasteiger partial charge in [-0.05, 0) is 36.8 Å². The van der Waals surface area contributed by atoms with Gasteiger partial charge in [-0.2, -0.15) is 0 Å². The van der Waals surface area contributed by atoms with Gasteiger partial charge in [0.05, 0.1) is 31.3 Å². The Morgan fingerprint density at radius 1 is 1.19 bits per heavy atom. The highest BCUT2D eigenvalue weighted by Crippen LogP contribution is 2.28. The summed E-state index contributed by atoms with van der Waals surface area (Å²) in [5.41, 5.74) is 2.35. The van der Waals surface area contributed by atoms with Gasteiger partial charge in [0.1, 0.15) is 5.82 Å². The summed E-state index contributed by atoms with van der Waals surface area (Å²) in [6.45, 7) is 3.06. The number of methoxy groups -OCH3 is 1. The number of carbonyl (C=O) groups excluding carboxylic acids is 1. The largest absolute Gasteiger partial charge is 0.493 e. The average Bonchev–Trinajstić information content (AvgIpc) is 3.09. The summed E-state index contributed by atoms with van der Waals surface area (Å²) in [6, 6.07) is 13.0. The minimum absolute atomic E-state index is 0.191. The zero-order valence-electron chi connectivity index (χ0n) is 15.0. The number of nitrogens with zero attached hydrogens (tertiary/aromatic N) is 1. The van der Waals surface area contributed by atoms with E-state index >= 15 is 0 Å². The van der Waals surface area contributed by atoms with E-state index in [9.17, 15) is 4.79 Å². The van der Waals surface area contributed by atoms with Crippen molar-refractivity contribution in [3.05, 3.63) is 53.9 Å². The number of hydrogen-bond acceptors (Lipinski definition) is 4. The number of hydrogen-bond donors (Lipinski definition) is 2. The summed E-state index contributed by atoms with van der Waals surface area (Å²) in [7, 11) is 1.57. The zero-order chi connectivity index (χ0) is 18.4. The molecule has 0 unspecified atom stereocenters. The fourth-order valence-electron chi connectivity index (χ4n) is 2.61. The second-order valence-corrected chi connectivity index (χ2v) is 5.95. The standard InChI is InChI=1S/C20H23N3O3/c1-3-4-11-26-17-10-9-14(12-18(17)25-2)20(24)21-13-19-22-15-7-5-6-8-16(15)23-19/h5-10,12H,3-4,11,13H2,1-2H3,(H,21,24)(H,22,23). The number of aromatic amines is 1. The third-order valence-electron chi connectivity index (χ3n) is 4.04. The molecule has 0 bridgehead atoms. The van der Waals surface area contributed by atoms with Gasteiger partial charge in [-0.3, -0.25) is 4.79 Å². The van der Waals surface area contributed by atoms with Crippen LogP contribution >= 0.6 is 0 Å². The van der Waals surface area contributed by atoms with Crippen LogP contribution in [0.3, 0.4) is 0 Å². The van der Waals surface area contributed by atoms with Crippen LogP contribution in [0.25, 0.3) is 11.0 Å². The lowest BCUT2D eigenvalue weighted by Gasteiger charge is -2.12. The van der Waals surface area contributed by atoms with Crippen molar-refractivity contribution in [1.82, 2.24) is 15.3 Å². The summed E-state index contributed by atoms with van der Waals surface area (Å²) in [5.74, 6) is 1.72. The number of benzene rings is 2. The fourth-order valence-corrected chi connectivity index (χ4v) is 2.61. The molecule has 0 atom stereocenters. The molecule has 1 heterocycles. The molecule has 0 saturated carbocycles. The highest BCUT2D eigenvalue weighted by Gasteiger charge is 2.12. The molecule has 6 heteroatoms. The number of aromatic nitrogens is 2. The smallest absolute Gasteiger partial charge is 0.251 e. The van der Waals surface area contributed by atoms with Crippen LogP contribution in [-0.2, 0) is 6.54 Å². The van der Waals surface area contributed by atoms with Gasteiger partial charge in [-0.15, -0.1) is 0 Å². The van der Waals surface area contributed by atoms with Crippen molar-refractivity contribution in [1.29, 1.82) is 0 Å². The topological polar surface area (TPSA) is 76.2 Å². The van der Waals surface area contributed by atoms with E-state index in [1.54, 1.807) is 25.3 Å². The molecule has 136 valence electrons. The van der Waals surface area contributed by atoms with E-state index < -0.39 is 0 Å². The number of nitrogens with one attached hydrogen (secondary N) is 2.